The number of nitrogens with one attached hydrogen (secondary N) is 1. The normalized spacial score (nSPS) is 20.8. The molecule has 1 aliphatic heterocycles. The summed E-state index contributed by atoms with van der Waals surface area (Å²) in [4.78, 5) is 4.28. The Morgan fingerprint density at radius 2 is 2.37 bits per heavy atom. The second kappa shape index (κ2) is 5.68. The third kappa shape index (κ3) is 2.48. The highest BCUT2D eigenvalue weighted by molar-refractivity contribution is 5.85. The molecule has 2 aromatic rings. The van der Waals surface area contributed by atoms with Crippen LogP contribution in [0.5, 0.6) is 0 Å². The molecule has 100 valence electrons. The summed E-state index contributed by atoms with van der Waals surface area (Å²) in [5.41, 5.74) is 1.35. The van der Waals surface area contributed by atoms with Gasteiger partial charge in [-0.2, -0.15) is 0 Å². The zero-order chi connectivity index (χ0) is 13.1. The second-order valence-electron chi connectivity index (χ2n) is 5.10. The average Bonchev–Trinajstić information content (AvgIpc) is 2.98. The highest BCUT2D eigenvalue weighted by atomic mass is 16.5. The van der Waals surface area contributed by atoms with E-state index in [4.69, 9.17) is 4.74 Å². The van der Waals surface area contributed by atoms with Gasteiger partial charge in [-0.15, -0.1) is 0 Å². The number of pyridine rings is 1. The predicted molar refractivity (Wildman–Crippen MR) is 77.1 cm³/mol. The van der Waals surface area contributed by atoms with E-state index in [0.29, 0.717) is 12.0 Å². The van der Waals surface area contributed by atoms with Gasteiger partial charge >= 0.3 is 0 Å². The SMILES string of the molecule is CCNC(c1cccc2ccncc12)C1CCOC1. The Morgan fingerprint density at radius 1 is 1.42 bits per heavy atom. The molecule has 1 fully saturated rings. The first-order valence-electron chi connectivity index (χ1n) is 7.04. The van der Waals surface area contributed by atoms with Crippen LogP contribution in [0.1, 0.15) is 24.9 Å². The van der Waals surface area contributed by atoms with Gasteiger partial charge in [-0.3, -0.25) is 4.98 Å². The number of fused-ring (bicyclic) bond motifs is 1. The van der Waals surface area contributed by atoms with Crippen molar-refractivity contribution in [3.63, 3.8) is 0 Å². The monoisotopic (exact) mass is 256 g/mol. The summed E-state index contributed by atoms with van der Waals surface area (Å²) in [6.45, 7) is 4.87. The molecule has 1 aromatic carbocycles. The van der Waals surface area contributed by atoms with Crippen LogP contribution in [0.4, 0.5) is 0 Å². The Labute approximate surface area is 114 Å². The lowest BCUT2D eigenvalue weighted by Crippen LogP contribution is -2.28. The van der Waals surface area contributed by atoms with Crippen molar-refractivity contribution >= 4 is 10.8 Å². The summed E-state index contributed by atoms with van der Waals surface area (Å²) in [7, 11) is 0. The van der Waals surface area contributed by atoms with Crippen molar-refractivity contribution in [1.82, 2.24) is 10.3 Å². The minimum atomic E-state index is 0.361. The van der Waals surface area contributed by atoms with E-state index in [-0.39, 0.29) is 0 Å². The lowest BCUT2D eigenvalue weighted by Gasteiger charge is -2.25. The average molecular weight is 256 g/mol. The van der Waals surface area contributed by atoms with E-state index in [1.54, 1.807) is 0 Å². The van der Waals surface area contributed by atoms with E-state index in [0.717, 1.165) is 26.2 Å². The van der Waals surface area contributed by atoms with Gasteiger partial charge in [0.2, 0.25) is 0 Å². The Balaban J connectivity index is 2.03. The first-order chi connectivity index (χ1) is 9.40. The van der Waals surface area contributed by atoms with E-state index in [1.807, 2.05) is 12.4 Å². The van der Waals surface area contributed by atoms with Gasteiger partial charge in [0.1, 0.15) is 0 Å². The standard InChI is InChI=1S/C16H20N2O/c1-2-18-16(13-7-9-19-11-13)14-5-3-4-12-6-8-17-10-15(12)14/h3-6,8,10,13,16,18H,2,7,9,11H2,1H3. The molecule has 0 radical (unpaired) electrons. The molecular weight excluding hydrogens is 236 g/mol. The molecule has 0 amide bonds. The second-order valence-corrected chi connectivity index (χ2v) is 5.10. The summed E-state index contributed by atoms with van der Waals surface area (Å²) in [5, 5.41) is 6.14. The first kappa shape index (κ1) is 12.6. The van der Waals surface area contributed by atoms with E-state index < -0.39 is 0 Å². The molecule has 3 heteroatoms. The van der Waals surface area contributed by atoms with Crippen LogP contribution in [0.3, 0.4) is 0 Å². The zero-order valence-electron chi connectivity index (χ0n) is 11.3. The summed E-state index contributed by atoms with van der Waals surface area (Å²) in [6, 6.07) is 8.94. The molecular formula is C16H20N2O. The number of aromatic nitrogens is 1. The molecule has 2 atom stereocenters. The van der Waals surface area contributed by atoms with E-state index in [9.17, 15) is 0 Å². The van der Waals surface area contributed by atoms with Gasteiger partial charge in [0.25, 0.3) is 0 Å². The van der Waals surface area contributed by atoms with Crippen molar-refractivity contribution in [2.75, 3.05) is 19.8 Å². The van der Waals surface area contributed by atoms with Crippen molar-refractivity contribution in [3.05, 3.63) is 42.2 Å². The van der Waals surface area contributed by atoms with Crippen molar-refractivity contribution in [1.29, 1.82) is 0 Å². The number of ether oxygens (including phenoxy) is 1. The molecule has 0 spiro atoms. The molecule has 2 unspecified atom stereocenters. The van der Waals surface area contributed by atoms with Crippen molar-refractivity contribution in [3.8, 4) is 0 Å². The fourth-order valence-electron chi connectivity index (χ4n) is 2.97. The largest absolute Gasteiger partial charge is 0.381 e. The smallest absolute Gasteiger partial charge is 0.0513 e. The van der Waals surface area contributed by atoms with Gasteiger partial charge in [0.15, 0.2) is 0 Å². The van der Waals surface area contributed by atoms with Crippen LogP contribution in [0, 0.1) is 5.92 Å². The maximum absolute atomic E-state index is 5.56. The minimum Gasteiger partial charge on any atom is -0.381 e. The molecule has 19 heavy (non-hydrogen) atoms. The molecule has 2 heterocycles. The van der Waals surface area contributed by atoms with Crippen LogP contribution in [-0.2, 0) is 4.74 Å². The van der Waals surface area contributed by atoms with Gasteiger partial charge < -0.3 is 10.1 Å². The van der Waals surface area contributed by atoms with Crippen LogP contribution < -0.4 is 5.32 Å². The van der Waals surface area contributed by atoms with Crippen LogP contribution in [0.25, 0.3) is 10.8 Å². The molecule has 1 aliphatic rings. The lowest BCUT2D eigenvalue weighted by molar-refractivity contribution is 0.177. The molecule has 0 aliphatic carbocycles. The van der Waals surface area contributed by atoms with Gasteiger partial charge in [-0.1, -0.05) is 25.1 Å². The Kier molecular flexibility index (Phi) is 3.76. The van der Waals surface area contributed by atoms with E-state index in [1.165, 1.54) is 16.3 Å². The summed E-state index contributed by atoms with van der Waals surface area (Å²) < 4.78 is 5.56. The van der Waals surface area contributed by atoms with Gasteiger partial charge in [-0.05, 0) is 30.0 Å². The molecule has 0 bridgehead atoms. The number of hydrogen-bond acceptors (Lipinski definition) is 3. The fraction of sp³-hybridized carbons (Fsp3) is 0.438. The number of benzene rings is 1. The number of rotatable bonds is 4. The van der Waals surface area contributed by atoms with Gasteiger partial charge in [-0.25, -0.2) is 0 Å². The summed E-state index contributed by atoms with van der Waals surface area (Å²) >= 11 is 0. The van der Waals surface area contributed by atoms with Gasteiger partial charge in [0.05, 0.1) is 6.61 Å². The first-order valence-corrected chi connectivity index (χ1v) is 7.04. The third-order valence-corrected chi connectivity index (χ3v) is 3.91. The van der Waals surface area contributed by atoms with E-state index in [2.05, 4.69) is 41.5 Å². The number of hydrogen-bond donors (Lipinski definition) is 1. The minimum absolute atomic E-state index is 0.361. The lowest BCUT2D eigenvalue weighted by atomic mass is 9.89. The Hall–Kier alpha value is -1.45. The quantitative estimate of drug-likeness (QED) is 0.913. The van der Waals surface area contributed by atoms with Crippen LogP contribution in [0.2, 0.25) is 0 Å². The van der Waals surface area contributed by atoms with Crippen LogP contribution in [-0.4, -0.2) is 24.7 Å². The van der Waals surface area contributed by atoms with Crippen molar-refractivity contribution < 1.29 is 4.74 Å². The van der Waals surface area contributed by atoms with Crippen molar-refractivity contribution in [2.45, 2.75) is 19.4 Å². The Morgan fingerprint density at radius 3 is 3.16 bits per heavy atom. The zero-order valence-corrected chi connectivity index (χ0v) is 11.3. The number of nitrogens with zero attached hydrogens (tertiary/aromatic N) is 1. The molecule has 1 saturated heterocycles. The predicted octanol–water partition coefficient (Wildman–Crippen LogP) is 2.92. The third-order valence-electron chi connectivity index (χ3n) is 3.91. The summed E-state index contributed by atoms with van der Waals surface area (Å²) in [5.74, 6) is 0.561. The van der Waals surface area contributed by atoms with Crippen LogP contribution in [0.15, 0.2) is 36.7 Å². The summed E-state index contributed by atoms with van der Waals surface area (Å²) in [6.07, 6.45) is 4.96. The molecule has 1 N–H and O–H groups in total. The van der Waals surface area contributed by atoms with Gasteiger partial charge in [0, 0.05) is 36.3 Å². The Bertz CT molecular complexity index is 544. The topological polar surface area (TPSA) is 34.2 Å². The molecule has 0 saturated carbocycles. The maximum atomic E-state index is 5.56. The molecule has 3 rings (SSSR count). The maximum Gasteiger partial charge on any atom is 0.0513 e. The fourth-order valence-corrected chi connectivity index (χ4v) is 2.97. The molecule has 3 nitrogen and oxygen atoms in total. The molecule has 1 aromatic heterocycles. The van der Waals surface area contributed by atoms with E-state index >= 15 is 0 Å². The van der Waals surface area contributed by atoms with Crippen molar-refractivity contribution in [2.24, 2.45) is 5.92 Å². The highest BCUT2D eigenvalue weighted by Gasteiger charge is 2.27. The highest BCUT2D eigenvalue weighted by Crippen LogP contribution is 2.32. The van der Waals surface area contributed by atoms with Crippen LogP contribution >= 0.6 is 0 Å².